The van der Waals surface area contributed by atoms with Crippen molar-refractivity contribution in [3.05, 3.63) is 64.6 Å². The van der Waals surface area contributed by atoms with Crippen molar-refractivity contribution in [1.29, 1.82) is 0 Å². The van der Waals surface area contributed by atoms with Gasteiger partial charge in [-0.15, -0.1) is 0 Å². The van der Waals surface area contributed by atoms with E-state index in [2.05, 4.69) is 5.32 Å². The highest BCUT2D eigenvalue weighted by Gasteiger charge is 2.40. The average molecular weight is 662 g/mol. The molecule has 3 aromatic rings. The number of anilines is 1. The number of nitrogens with one attached hydrogen (secondary N) is 1. The molecule has 5 rings (SSSR count). The second-order valence-corrected chi connectivity index (χ2v) is 14.7. The molecule has 2 atom stereocenters. The number of benzene rings is 2. The van der Waals surface area contributed by atoms with Crippen LogP contribution in [-0.4, -0.2) is 79.6 Å². The number of amides is 2. The molecule has 13 heteroatoms. The summed E-state index contributed by atoms with van der Waals surface area (Å²) in [4.78, 5) is 39.8. The lowest BCUT2D eigenvalue weighted by Crippen LogP contribution is -2.41. The first-order valence-corrected chi connectivity index (χ1v) is 17.2. The fourth-order valence-electron chi connectivity index (χ4n) is 6.32. The van der Waals surface area contributed by atoms with Gasteiger partial charge in [0.25, 0.3) is 5.91 Å². The number of methoxy groups -OCH3 is 1. The summed E-state index contributed by atoms with van der Waals surface area (Å²) in [6.45, 7) is 0.114. The minimum absolute atomic E-state index is 0.0186. The van der Waals surface area contributed by atoms with Gasteiger partial charge in [-0.25, -0.2) is 12.8 Å². The molecule has 1 aliphatic heterocycles. The molecule has 0 bridgehead atoms. The van der Waals surface area contributed by atoms with Crippen molar-refractivity contribution in [2.45, 2.75) is 55.9 Å². The lowest BCUT2D eigenvalue weighted by atomic mass is 9.87. The summed E-state index contributed by atoms with van der Waals surface area (Å²) in [6.07, 6.45) is 5.15. The molecule has 45 heavy (non-hydrogen) atoms. The van der Waals surface area contributed by atoms with Crippen molar-refractivity contribution in [2.75, 3.05) is 31.8 Å². The van der Waals surface area contributed by atoms with Crippen LogP contribution < -0.4 is 5.32 Å². The quantitative estimate of drug-likeness (QED) is 0.334. The highest BCUT2D eigenvalue weighted by molar-refractivity contribution is 7.91. The van der Waals surface area contributed by atoms with Crippen LogP contribution in [-0.2, 0) is 42.4 Å². The van der Waals surface area contributed by atoms with Crippen LogP contribution in [0.5, 0.6) is 0 Å². The molecule has 2 aliphatic rings. The number of aromatic nitrogens is 1. The molecule has 10 nitrogen and oxygen atoms in total. The fraction of sp³-hybridized carbons (Fsp3) is 0.469. The minimum Gasteiger partial charge on any atom is -0.469 e. The molecular formula is C32H37ClFN3O7S. The molecule has 1 saturated heterocycles. The Kier molecular flexibility index (Phi) is 9.85. The van der Waals surface area contributed by atoms with Gasteiger partial charge in [-0.1, -0.05) is 29.8 Å². The summed E-state index contributed by atoms with van der Waals surface area (Å²) in [5, 5.41) is 2.71. The van der Waals surface area contributed by atoms with Crippen LogP contribution in [0.1, 0.15) is 48.0 Å². The zero-order valence-electron chi connectivity index (χ0n) is 25.4. The second kappa shape index (κ2) is 13.5. The van der Waals surface area contributed by atoms with Crippen LogP contribution in [0.15, 0.2) is 42.6 Å². The molecule has 1 saturated carbocycles. The molecule has 0 spiro atoms. The molecule has 2 heterocycles. The maximum Gasteiger partial charge on any atom is 0.308 e. The Morgan fingerprint density at radius 3 is 2.51 bits per heavy atom. The molecule has 1 N–H and O–H groups in total. The van der Waals surface area contributed by atoms with Crippen LogP contribution in [0.4, 0.5) is 10.1 Å². The average Bonchev–Trinajstić information content (AvgIpc) is 3.60. The van der Waals surface area contributed by atoms with Gasteiger partial charge in [0.15, 0.2) is 9.84 Å². The largest absolute Gasteiger partial charge is 0.469 e. The zero-order valence-corrected chi connectivity index (χ0v) is 27.0. The third-order valence-corrected chi connectivity index (χ3v) is 10.8. The number of sulfone groups is 1. The molecule has 2 amide bonds. The Morgan fingerprint density at radius 2 is 1.82 bits per heavy atom. The minimum atomic E-state index is -3.44. The number of fused-ring (bicyclic) bond motifs is 1. The van der Waals surface area contributed by atoms with Crippen LogP contribution >= 0.6 is 11.6 Å². The second-order valence-electron chi connectivity index (χ2n) is 11.9. The summed E-state index contributed by atoms with van der Waals surface area (Å²) in [5.74, 6) is -2.03. The first-order valence-electron chi connectivity index (χ1n) is 14.9. The van der Waals surface area contributed by atoms with E-state index >= 15 is 4.39 Å². The molecule has 2 aromatic carbocycles. The van der Waals surface area contributed by atoms with Crippen molar-refractivity contribution < 1.29 is 36.7 Å². The number of nitrogens with zero attached hydrogens (tertiary/aromatic N) is 2. The summed E-state index contributed by atoms with van der Waals surface area (Å²) < 4.78 is 52.9. The molecule has 1 aromatic heterocycles. The molecule has 242 valence electrons. The van der Waals surface area contributed by atoms with E-state index in [1.165, 1.54) is 18.1 Å². The summed E-state index contributed by atoms with van der Waals surface area (Å²) in [5.41, 5.74) is 1.36. The maximum absolute atomic E-state index is 15.3. The predicted octanol–water partition coefficient (Wildman–Crippen LogP) is 4.53. The van der Waals surface area contributed by atoms with E-state index in [1.54, 1.807) is 6.20 Å². The molecule has 0 unspecified atom stereocenters. The number of hydrogen-bond donors (Lipinski definition) is 1. The van der Waals surface area contributed by atoms with Crippen molar-refractivity contribution in [3.63, 3.8) is 0 Å². The Balaban J connectivity index is 1.25. The molecule has 1 aliphatic carbocycles. The first kappa shape index (κ1) is 32.9. The van der Waals surface area contributed by atoms with E-state index < -0.39 is 38.8 Å². The number of rotatable bonds is 9. The van der Waals surface area contributed by atoms with Gasteiger partial charge in [0.05, 0.1) is 59.7 Å². The van der Waals surface area contributed by atoms with E-state index in [0.717, 1.165) is 23.2 Å². The Bertz CT molecular complexity index is 1720. The van der Waals surface area contributed by atoms with Gasteiger partial charge in [0, 0.05) is 36.9 Å². The smallest absolute Gasteiger partial charge is 0.308 e. The summed E-state index contributed by atoms with van der Waals surface area (Å²) in [6, 6.07) is 9.29. The van der Waals surface area contributed by atoms with Crippen LogP contribution in [0, 0.1) is 11.7 Å². The van der Waals surface area contributed by atoms with Gasteiger partial charge in [0.2, 0.25) is 5.91 Å². The molecular weight excluding hydrogens is 625 g/mol. The van der Waals surface area contributed by atoms with Crippen molar-refractivity contribution in [3.8, 4) is 0 Å². The van der Waals surface area contributed by atoms with Gasteiger partial charge in [-0.05, 0) is 55.9 Å². The Labute approximate surface area is 266 Å². The normalized spacial score (nSPS) is 22.0. The third kappa shape index (κ3) is 7.34. The summed E-state index contributed by atoms with van der Waals surface area (Å²) in [7, 11) is -0.250. The van der Waals surface area contributed by atoms with Crippen molar-refractivity contribution >= 4 is 55.8 Å². The number of aryl methyl sites for hydroxylation is 1. The predicted molar refractivity (Wildman–Crippen MR) is 168 cm³/mol. The van der Waals surface area contributed by atoms with Crippen molar-refractivity contribution in [1.82, 2.24) is 9.47 Å². The number of likely N-dealkylation sites (tertiary alicyclic amines) is 1. The summed E-state index contributed by atoms with van der Waals surface area (Å²) >= 11 is 6.45. The van der Waals surface area contributed by atoms with Crippen LogP contribution in [0.2, 0.25) is 5.02 Å². The first-order chi connectivity index (χ1) is 21.3. The van der Waals surface area contributed by atoms with Crippen LogP contribution in [0.3, 0.4) is 0 Å². The van der Waals surface area contributed by atoms with Gasteiger partial charge < -0.3 is 24.3 Å². The van der Waals surface area contributed by atoms with Gasteiger partial charge in [-0.3, -0.25) is 14.4 Å². The Morgan fingerprint density at radius 1 is 1.11 bits per heavy atom. The van der Waals surface area contributed by atoms with E-state index in [0.29, 0.717) is 31.2 Å². The highest BCUT2D eigenvalue weighted by Crippen LogP contribution is 2.31. The molecule has 2 fully saturated rings. The topological polar surface area (TPSA) is 124 Å². The van der Waals surface area contributed by atoms with Gasteiger partial charge in [-0.2, -0.15) is 0 Å². The number of halogens is 2. The van der Waals surface area contributed by atoms with Crippen LogP contribution in [0.25, 0.3) is 10.9 Å². The lowest BCUT2D eigenvalue weighted by molar-refractivity contribution is -0.148. The van der Waals surface area contributed by atoms with Gasteiger partial charge >= 0.3 is 5.97 Å². The van der Waals surface area contributed by atoms with E-state index in [4.69, 9.17) is 21.1 Å². The highest BCUT2D eigenvalue weighted by atomic mass is 35.5. The fourth-order valence-corrected chi connectivity index (χ4v) is 7.56. The SMILES string of the molecule is COC(=O)C1CCC(OC[C@@H]2C[C@H](S(C)(=O)=O)CN2C(=O)Cc2cc(Cl)c(NC(=O)c3cn(C)c4ccccc34)cc2F)CC1. The van der Waals surface area contributed by atoms with E-state index in [1.807, 2.05) is 35.9 Å². The lowest BCUT2D eigenvalue weighted by Gasteiger charge is -2.30. The van der Waals surface area contributed by atoms with Gasteiger partial charge in [0.1, 0.15) is 5.82 Å². The Hall–Kier alpha value is -3.48. The monoisotopic (exact) mass is 661 g/mol. The number of ether oxygens (including phenoxy) is 2. The number of esters is 1. The standard InChI is InChI=1S/C32H37ClFN3O7S/c1-36-17-25(24-6-4-5-7-29(24)36)31(39)35-28-15-27(34)20(12-26(28)33)13-30(38)37-16-23(45(3,41)42)14-21(37)18-44-22-10-8-19(9-11-22)32(40)43-2/h4-7,12,15,17,19,21-23H,8-11,13-14,16,18H2,1-3H3,(H,35,39)/t19?,21-,22?,23-/m0/s1. The van der Waals surface area contributed by atoms with Crippen molar-refractivity contribution in [2.24, 2.45) is 13.0 Å². The number of carbonyl (C=O) groups excluding carboxylic acids is 3. The number of carbonyl (C=O) groups is 3. The molecule has 0 radical (unpaired) electrons. The number of hydrogen-bond acceptors (Lipinski definition) is 7. The zero-order chi connectivity index (χ0) is 32.5. The third-order valence-electron chi connectivity index (χ3n) is 8.90. The van der Waals surface area contributed by atoms with E-state index in [-0.39, 0.29) is 60.3 Å². The number of para-hydroxylation sites is 1. The van der Waals surface area contributed by atoms with E-state index in [9.17, 15) is 22.8 Å². The maximum atomic E-state index is 15.3.